The summed E-state index contributed by atoms with van der Waals surface area (Å²) < 4.78 is 28.5. The van der Waals surface area contributed by atoms with Gasteiger partial charge in [0.25, 0.3) is 10.2 Å². The van der Waals surface area contributed by atoms with Crippen LogP contribution in [0, 0.1) is 11.8 Å². The molecule has 18 heavy (non-hydrogen) atoms. The molecule has 0 amide bonds. The molecule has 0 spiro atoms. The first kappa shape index (κ1) is 14.8. The van der Waals surface area contributed by atoms with Gasteiger partial charge in [0.1, 0.15) is 0 Å². The molecule has 0 aromatic carbocycles. The van der Waals surface area contributed by atoms with Gasteiger partial charge in [-0.25, -0.2) is 0 Å². The van der Waals surface area contributed by atoms with E-state index >= 15 is 0 Å². The van der Waals surface area contributed by atoms with Gasteiger partial charge in [0.2, 0.25) is 0 Å². The standard InChI is InChI=1S/C12H23BrN2O2S/c1-10-4-3-6-14(8-10)18(16,17)15-7-5-11(2)12(13)9-15/h10-12H,3-9H2,1-2H3. The van der Waals surface area contributed by atoms with Crippen LogP contribution in [-0.2, 0) is 10.2 Å². The zero-order chi connectivity index (χ0) is 13.3. The van der Waals surface area contributed by atoms with E-state index in [0.29, 0.717) is 38.0 Å². The third-order valence-corrected chi connectivity index (χ3v) is 7.26. The Hall–Kier alpha value is 0.350. The quantitative estimate of drug-likeness (QED) is 0.723. The Balaban J connectivity index is 2.06. The average molecular weight is 339 g/mol. The van der Waals surface area contributed by atoms with E-state index < -0.39 is 10.2 Å². The molecule has 2 heterocycles. The number of rotatable bonds is 2. The summed E-state index contributed by atoms with van der Waals surface area (Å²) >= 11 is 3.60. The summed E-state index contributed by atoms with van der Waals surface area (Å²) in [5.41, 5.74) is 0. The van der Waals surface area contributed by atoms with Crippen LogP contribution in [0.1, 0.15) is 33.1 Å². The van der Waals surface area contributed by atoms with Crippen molar-refractivity contribution in [3.63, 3.8) is 0 Å². The van der Waals surface area contributed by atoms with E-state index in [1.807, 2.05) is 0 Å². The molecule has 2 fully saturated rings. The third-order valence-electron chi connectivity index (χ3n) is 4.10. The summed E-state index contributed by atoms with van der Waals surface area (Å²) in [6, 6.07) is 0. The van der Waals surface area contributed by atoms with Crippen molar-refractivity contribution >= 4 is 26.1 Å². The summed E-state index contributed by atoms with van der Waals surface area (Å²) in [6.07, 6.45) is 3.07. The van der Waals surface area contributed by atoms with Crippen molar-refractivity contribution in [1.82, 2.24) is 8.61 Å². The maximum absolute atomic E-state index is 12.6. The lowest BCUT2D eigenvalue weighted by molar-refractivity contribution is 0.237. The molecule has 0 aromatic rings. The van der Waals surface area contributed by atoms with Crippen LogP contribution >= 0.6 is 15.9 Å². The molecule has 0 bridgehead atoms. The van der Waals surface area contributed by atoms with Crippen molar-refractivity contribution in [2.75, 3.05) is 26.2 Å². The first-order valence-corrected chi connectivity index (χ1v) is 9.12. The van der Waals surface area contributed by atoms with Gasteiger partial charge in [-0.2, -0.15) is 17.0 Å². The second kappa shape index (κ2) is 5.77. The molecule has 2 aliphatic heterocycles. The molecule has 6 heteroatoms. The summed E-state index contributed by atoms with van der Waals surface area (Å²) in [5.74, 6) is 1.04. The Kier molecular flexibility index (Phi) is 4.73. The normalized spacial score (nSPS) is 36.7. The minimum absolute atomic E-state index is 0.281. The van der Waals surface area contributed by atoms with Gasteiger partial charge >= 0.3 is 0 Å². The summed E-state index contributed by atoms with van der Waals surface area (Å²) in [7, 11) is -3.24. The van der Waals surface area contributed by atoms with Gasteiger partial charge in [0.05, 0.1) is 0 Å². The number of piperidine rings is 2. The zero-order valence-electron chi connectivity index (χ0n) is 11.2. The van der Waals surface area contributed by atoms with E-state index in [-0.39, 0.29) is 4.83 Å². The Bertz CT molecular complexity index is 388. The molecule has 4 nitrogen and oxygen atoms in total. The Morgan fingerprint density at radius 2 is 1.72 bits per heavy atom. The molecule has 2 aliphatic rings. The highest BCUT2D eigenvalue weighted by molar-refractivity contribution is 9.09. The number of nitrogens with zero attached hydrogens (tertiary/aromatic N) is 2. The number of hydrogen-bond donors (Lipinski definition) is 0. The van der Waals surface area contributed by atoms with Crippen molar-refractivity contribution < 1.29 is 8.42 Å². The molecule has 0 radical (unpaired) electrons. The summed E-state index contributed by atoms with van der Waals surface area (Å²) in [4.78, 5) is 0.281. The molecule has 2 rings (SSSR count). The minimum Gasteiger partial charge on any atom is -0.195 e. The number of alkyl halides is 1. The highest BCUT2D eigenvalue weighted by Crippen LogP contribution is 2.28. The maximum Gasteiger partial charge on any atom is 0.282 e. The summed E-state index contributed by atoms with van der Waals surface area (Å²) in [5, 5.41) is 0. The highest BCUT2D eigenvalue weighted by Gasteiger charge is 2.36. The predicted octanol–water partition coefficient (Wildman–Crippen LogP) is 2.07. The van der Waals surface area contributed by atoms with Crippen molar-refractivity contribution in [2.45, 2.75) is 37.9 Å². The largest absolute Gasteiger partial charge is 0.282 e. The fourth-order valence-electron chi connectivity index (χ4n) is 2.72. The molecule has 3 unspecified atom stereocenters. The van der Waals surface area contributed by atoms with Crippen LogP contribution in [0.25, 0.3) is 0 Å². The predicted molar refractivity (Wildman–Crippen MR) is 77.0 cm³/mol. The molecule has 0 aliphatic carbocycles. The zero-order valence-corrected chi connectivity index (χ0v) is 13.6. The van der Waals surface area contributed by atoms with E-state index in [2.05, 4.69) is 29.8 Å². The van der Waals surface area contributed by atoms with E-state index in [1.54, 1.807) is 8.61 Å². The second-order valence-electron chi connectivity index (χ2n) is 5.75. The molecule has 0 saturated carbocycles. The van der Waals surface area contributed by atoms with Crippen LogP contribution < -0.4 is 0 Å². The van der Waals surface area contributed by atoms with Crippen molar-refractivity contribution in [3.05, 3.63) is 0 Å². The van der Waals surface area contributed by atoms with E-state index in [1.165, 1.54) is 0 Å². The first-order valence-electron chi connectivity index (χ1n) is 6.80. The summed E-state index contributed by atoms with van der Waals surface area (Å²) in [6.45, 7) is 6.94. The minimum atomic E-state index is -3.24. The molecule has 2 saturated heterocycles. The second-order valence-corrected chi connectivity index (χ2v) is 8.86. The lowest BCUT2D eigenvalue weighted by atomic mass is 10.0. The molecule has 0 aromatic heterocycles. The molecular formula is C12H23BrN2O2S. The highest BCUT2D eigenvalue weighted by atomic mass is 79.9. The van der Waals surface area contributed by atoms with Crippen LogP contribution in [0.4, 0.5) is 0 Å². The topological polar surface area (TPSA) is 40.6 Å². The van der Waals surface area contributed by atoms with Crippen molar-refractivity contribution in [1.29, 1.82) is 0 Å². The van der Waals surface area contributed by atoms with Gasteiger partial charge in [-0.15, -0.1) is 0 Å². The van der Waals surface area contributed by atoms with Gasteiger partial charge in [-0.1, -0.05) is 29.8 Å². The molecular weight excluding hydrogens is 316 g/mol. The van der Waals surface area contributed by atoms with Gasteiger partial charge in [0, 0.05) is 31.0 Å². The molecule has 3 atom stereocenters. The van der Waals surface area contributed by atoms with Crippen LogP contribution in [0.15, 0.2) is 0 Å². The third kappa shape index (κ3) is 3.08. The van der Waals surface area contributed by atoms with Crippen molar-refractivity contribution in [3.8, 4) is 0 Å². The average Bonchev–Trinajstić information content (AvgIpc) is 2.32. The van der Waals surface area contributed by atoms with Crippen LogP contribution in [-0.4, -0.2) is 48.0 Å². The molecule has 0 N–H and O–H groups in total. The lowest BCUT2D eigenvalue weighted by Gasteiger charge is -2.38. The van der Waals surface area contributed by atoms with E-state index in [0.717, 1.165) is 19.3 Å². The first-order chi connectivity index (χ1) is 8.41. The van der Waals surface area contributed by atoms with Crippen LogP contribution in [0.2, 0.25) is 0 Å². The van der Waals surface area contributed by atoms with Gasteiger partial charge in [-0.3, -0.25) is 0 Å². The number of hydrogen-bond acceptors (Lipinski definition) is 2. The van der Waals surface area contributed by atoms with Gasteiger partial charge < -0.3 is 0 Å². The fraction of sp³-hybridized carbons (Fsp3) is 1.00. The lowest BCUT2D eigenvalue weighted by Crippen LogP contribution is -2.52. The maximum atomic E-state index is 12.6. The van der Waals surface area contributed by atoms with Crippen molar-refractivity contribution in [2.24, 2.45) is 11.8 Å². The van der Waals surface area contributed by atoms with Crippen LogP contribution in [0.3, 0.4) is 0 Å². The smallest absolute Gasteiger partial charge is 0.195 e. The Morgan fingerprint density at radius 3 is 2.33 bits per heavy atom. The van der Waals surface area contributed by atoms with E-state index in [4.69, 9.17) is 0 Å². The van der Waals surface area contributed by atoms with Crippen LogP contribution in [0.5, 0.6) is 0 Å². The van der Waals surface area contributed by atoms with Gasteiger partial charge in [0.15, 0.2) is 0 Å². The Morgan fingerprint density at radius 1 is 1.06 bits per heavy atom. The van der Waals surface area contributed by atoms with Gasteiger partial charge in [-0.05, 0) is 31.1 Å². The van der Waals surface area contributed by atoms with E-state index in [9.17, 15) is 8.42 Å². The number of halogens is 1. The molecule has 106 valence electrons. The SMILES string of the molecule is CC1CCCN(S(=O)(=O)N2CCC(C)C(Br)C2)C1. The Labute approximate surface area is 119 Å². The monoisotopic (exact) mass is 338 g/mol. The fourth-order valence-corrected chi connectivity index (χ4v) is 5.34.